The number of hydrogen-bond donors (Lipinski definition) is 0. The van der Waals surface area contributed by atoms with E-state index in [4.69, 9.17) is 0 Å². The molecule has 0 aliphatic heterocycles. The molecule has 4 nitrogen and oxygen atoms in total. The summed E-state index contributed by atoms with van der Waals surface area (Å²) in [6.45, 7) is 2.89. The Labute approximate surface area is 147 Å². The van der Waals surface area contributed by atoms with Gasteiger partial charge < -0.3 is 4.90 Å². The summed E-state index contributed by atoms with van der Waals surface area (Å²) in [7, 11) is 0. The van der Waals surface area contributed by atoms with Gasteiger partial charge >= 0.3 is 0 Å². The molecule has 0 saturated carbocycles. The fraction of sp³-hybridized carbons (Fsp3) is 0.286. The molecule has 0 spiro atoms. The molecule has 0 bridgehead atoms. The summed E-state index contributed by atoms with van der Waals surface area (Å²) in [5, 5.41) is 0. The van der Waals surface area contributed by atoms with E-state index in [1.54, 1.807) is 12.4 Å². The lowest BCUT2D eigenvalue weighted by Gasteiger charge is -2.29. The van der Waals surface area contributed by atoms with Crippen molar-refractivity contribution in [2.75, 3.05) is 6.54 Å². The minimum absolute atomic E-state index is 0.0900. The predicted molar refractivity (Wildman–Crippen MR) is 98.5 cm³/mol. The Balaban J connectivity index is 1.63. The highest BCUT2D eigenvalue weighted by molar-refractivity contribution is 5.97. The van der Waals surface area contributed by atoms with Gasteiger partial charge in [0.1, 0.15) is 0 Å². The maximum Gasteiger partial charge on any atom is 0.254 e. The zero-order valence-corrected chi connectivity index (χ0v) is 14.4. The minimum Gasteiger partial charge on any atom is -0.335 e. The second-order valence-electron chi connectivity index (χ2n) is 6.59. The van der Waals surface area contributed by atoms with Gasteiger partial charge in [-0.25, -0.2) is 0 Å². The Morgan fingerprint density at radius 2 is 1.72 bits per heavy atom. The summed E-state index contributed by atoms with van der Waals surface area (Å²) in [5.41, 5.74) is 5.00. The molecule has 0 unspecified atom stereocenters. The Hall–Kier alpha value is -2.75. The average Bonchev–Trinajstić information content (AvgIpc) is 3.09. The van der Waals surface area contributed by atoms with Crippen molar-refractivity contribution in [1.82, 2.24) is 14.9 Å². The van der Waals surface area contributed by atoms with Crippen molar-refractivity contribution < 1.29 is 4.79 Å². The molecule has 25 heavy (non-hydrogen) atoms. The first-order chi connectivity index (χ1) is 12.3. The van der Waals surface area contributed by atoms with Crippen LogP contribution >= 0.6 is 0 Å². The number of benzene rings is 2. The highest BCUT2D eigenvalue weighted by Gasteiger charge is 2.29. The molecule has 1 aliphatic rings. The zero-order chi connectivity index (χ0) is 17.2. The SMILES string of the molecule is CCCN(C(=O)c1ccc2nccnc2c1)C1Cc2ccccc2C1. The van der Waals surface area contributed by atoms with Crippen LogP contribution in [0, 0.1) is 0 Å². The van der Waals surface area contributed by atoms with Crippen LogP contribution in [0.15, 0.2) is 54.9 Å². The van der Waals surface area contributed by atoms with E-state index < -0.39 is 0 Å². The summed E-state index contributed by atoms with van der Waals surface area (Å²) in [6, 6.07) is 14.3. The number of fused-ring (bicyclic) bond motifs is 2. The van der Waals surface area contributed by atoms with Crippen LogP contribution in [-0.2, 0) is 12.8 Å². The van der Waals surface area contributed by atoms with Crippen LogP contribution in [0.1, 0.15) is 34.8 Å². The van der Waals surface area contributed by atoms with E-state index in [0.29, 0.717) is 5.56 Å². The van der Waals surface area contributed by atoms with Crippen molar-refractivity contribution in [3.63, 3.8) is 0 Å². The maximum absolute atomic E-state index is 13.2. The summed E-state index contributed by atoms with van der Waals surface area (Å²) in [6.07, 6.45) is 6.16. The molecule has 1 aliphatic carbocycles. The zero-order valence-electron chi connectivity index (χ0n) is 14.4. The van der Waals surface area contributed by atoms with Gasteiger partial charge in [0.15, 0.2) is 0 Å². The fourth-order valence-electron chi connectivity index (χ4n) is 3.71. The number of amides is 1. The first-order valence-corrected chi connectivity index (χ1v) is 8.85. The minimum atomic E-state index is 0.0900. The van der Waals surface area contributed by atoms with Crippen molar-refractivity contribution in [3.8, 4) is 0 Å². The Morgan fingerprint density at radius 3 is 2.40 bits per heavy atom. The Kier molecular flexibility index (Phi) is 4.18. The number of carbonyl (C=O) groups is 1. The molecule has 4 heteroatoms. The number of carbonyl (C=O) groups excluding carboxylic acids is 1. The largest absolute Gasteiger partial charge is 0.335 e. The van der Waals surface area contributed by atoms with E-state index in [-0.39, 0.29) is 11.9 Å². The first kappa shape index (κ1) is 15.8. The topological polar surface area (TPSA) is 46.1 Å². The van der Waals surface area contributed by atoms with Crippen molar-refractivity contribution in [2.24, 2.45) is 0 Å². The molecule has 3 aromatic rings. The third kappa shape index (κ3) is 3.00. The molecule has 0 radical (unpaired) electrons. The number of nitrogens with zero attached hydrogens (tertiary/aromatic N) is 3. The quantitative estimate of drug-likeness (QED) is 0.733. The molecular weight excluding hydrogens is 310 g/mol. The van der Waals surface area contributed by atoms with Gasteiger partial charge in [-0.1, -0.05) is 31.2 Å². The normalized spacial score (nSPS) is 13.8. The van der Waals surface area contributed by atoms with Crippen molar-refractivity contribution >= 4 is 16.9 Å². The molecule has 1 heterocycles. The monoisotopic (exact) mass is 331 g/mol. The molecule has 4 rings (SSSR count). The molecule has 2 aromatic carbocycles. The molecule has 1 aromatic heterocycles. The van der Waals surface area contributed by atoms with E-state index in [0.717, 1.165) is 36.8 Å². The summed E-state index contributed by atoms with van der Waals surface area (Å²) in [4.78, 5) is 23.8. The molecule has 0 fully saturated rings. The molecule has 0 N–H and O–H groups in total. The van der Waals surface area contributed by atoms with Crippen LogP contribution < -0.4 is 0 Å². The fourth-order valence-corrected chi connectivity index (χ4v) is 3.71. The first-order valence-electron chi connectivity index (χ1n) is 8.85. The van der Waals surface area contributed by atoms with Crippen LogP contribution in [0.4, 0.5) is 0 Å². The van der Waals surface area contributed by atoms with Crippen LogP contribution in [0.5, 0.6) is 0 Å². The van der Waals surface area contributed by atoms with Gasteiger partial charge in [0.25, 0.3) is 5.91 Å². The second kappa shape index (κ2) is 6.63. The average molecular weight is 331 g/mol. The van der Waals surface area contributed by atoms with Crippen molar-refractivity contribution in [1.29, 1.82) is 0 Å². The van der Waals surface area contributed by atoms with Gasteiger partial charge in [-0.15, -0.1) is 0 Å². The van der Waals surface area contributed by atoms with Gasteiger partial charge in [0.2, 0.25) is 0 Å². The molecule has 0 atom stereocenters. The highest BCUT2D eigenvalue weighted by Crippen LogP contribution is 2.27. The Morgan fingerprint density at radius 1 is 1.04 bits per heavy atom. The standard InChI is InChI=1S/C21H21N3O/c1-2-11-24(18-12-15-5-3-4-6-16(15)13-18)21(25)17-7-8-19-20(14-17)23-10-9-22-19/h3-10,14,18H,2,11-13H2,1H3. The van der Waals surface area contributed by atoms with E-state index >= 15 is 0 Å². The van der Waals surface area contributed by atoms with E-state index in [2.05, 4.69) is 41.2 Å². The summed E-state index contributed by atoms with van der Waals surface area (Å²) in [5.74, 6) is 0.0900. The third-order valence-corrected chi connectivity index (χ3v) is 4.91. The number of hydrogen-bond acceptors (Lipinski definition) is 3. The highest BCUT2D eigenvalue weighted by atomic mass is 16.2. The molecule has 1 amide bonds. The van der Waals surface area contributed by atoms with E-state index in [1.165, 1.54) is 11.1 Å². The van der Waals surface area contributed by atoms with Gasteiger partial charge in [-0.3, -0.25) is 14.8 Å². The van der Waals surface area contributed by atoms with Crippen LogP contribution in [-0.4, -0.2) is 33.4 Å². The molecule has 0 saturated heterocycles. The second-order valence-corrected chi connectivity index (χ2v) is 6.59. The number of rotatable bonds is 4. The van der Waals surface area contributed by atoms with Gasteiger partial charge in [0, 0.05) is 30.5 Å². The van der Waals surface area contributed by atoms with E-state index in [9.17, 15) is 4.79 Å². The predicted octanol–water partition coefficient (Wildman–Crippen LogP) is 3.65. The van der Waals surface area contributed by atoms with Gasteiger partial charge in [-0.2, -0.15) is 0 Å². The maximum atomic E-state index is 13.2. The van der Waals surface area contributed by atoms with Gasteiger partial charge in [-0.05, 0) is 48.6 Å². The number of aromatic nitrogens is 2. The summed E-state index contributed by atoms with van der Waals surface area (Å²) < 4.78 is 0. The van der Waals surface area contributed by atoms with Crippen LogP contribution in [0.25, 0.3) is 11.0 Å². The van der Waals surface area contributed by atoms with Crippen molar-refractivity contribution in [3.05, 3.63) is 71.5 Å². The Bertz CT molecular complexity index is 897. The van der Waals surface area contributed by atoms with Crippen LogP contribution in [0.3, 0.4) is 0 Å². The lowest BCUT2D eigenvalue weighted by atomic mass is 10.1. The molecule has 126 valence electrons. The smallest absolute Gasteiger partial charge is 0.254 e. The van der Waals surface area contributed by atoms with Gasteiger partial charge in [0.05, 0.1) is 11.0 Å². The van der Waals surface area contributed by atoms with Crippen LogP contribution in [0.2, 0.25) is 0 Å². The lowest BCUT2D eigenvalue weighted by molar-refractivity contribution is 0.0685. The van der Waals surface area contributed by atoms with E-state index in [1.807, 2.05) is 23.1 Å². The molecular formula is C21H21N3O. The van der Waals surface area contributed by atoms with Crippen molar-refractivity contribution in [2.45, 2.75) is 32.2 Å². The lowest BCUT2D eigenvalue weighted by Crippen LogP contribution is -2.41. The summed E-state index contributed by atoms with van der Waals surface area (Å²) >= 11 is 0. The third-order valence-electron chi connectivity index (χ3n) is 4.91.